The summed E-state index contributed by atoms with van der Waals surface area (Å²) in [6.45, 7) is 0. The molecule has 106 valence electrons. The second kappa shape index (κ2) is 4.14. The van der Waals surface area contributed by atoms with Gasteiger partial charge in [0.25, 0.3) is 5.56 Å². The van der Waals surface area contributed by atoms with Crippen LogP contribution in [-0.4, -0.2) is 21.0 Å². The van der Waals surface area contributed by atoms with Gasteiger partial charge in [-0.15, -0.1) is 4.73 Å². The average molecular weight is 285 g/mol. The number of hydrogen-bond donors (Lipinski definition) is 4. The lowest BCUT2D eigenvalue weighted by molar-refractivity contribution is 0.0699. The zero-order valence-corrected chi connectivity index (χ0v) is 10.7. The maximum Gasteiger partial charge on any atom is 0.336 e. The lowest BCUT2D eigenvalue weighted by Crippen LogP contribution is -2.19. The molecular formula is C14H11N3O4. The quantitative estimate of drug-likeness (QED) is 0.302. The summed E-state index contributed by atoms with van der Waals surface area (Å²) in [6.07, 6.45) is 0. The molecule has 2 aromatic carbocycles. The Bertz CT molecular complexity index is 976. The predicted octanol–water partition coefficient (Wildman–Crippen LogP) is 1.25. The Morgan fingerprint density at radius 2 is 1.76 bits per heavy atom. The molecule has 1 aromatic heterocycles. The monoisotopic (exact) mass is 285 g/mol. The highest BCUT2D eigenvalue weighted by Crippen LogP contribution is 2.29. The normalized spacial score (nSPS) is 11.0. The minimum atomic E-state index is -1.20. The molecular weight excluding hydrogens is 274 g/mol. The van der Waals surface area contributed by atoms with Crippen LogP contribution in [0.15, 0.2) is 35.1 Å². The number of pyridine rings is 1. The number of carbonyl (C=O) groups is 1. The Morgan fingerprint density at radius 1 is 1.05 bits per heavy atom. The average Bonchev–Trinajstić information content (AvgIpc) is 2.44. The van der Waals surface area contributed by atoms with Crippen molar-refractivity contribution >= 4 is 39.0 Å². The minimum Gasteiger partial charge on any atom is -0.478 e. The predicted molar refractivity (Wildman–Crippen MR) is 78.7 cm³/mol. The largest absolute Gasteiger partial charge is 0.478 e. The van der Waals surface area contributed by atoms with E-state index < -0.39 is 11.5 Å². The minimum absolute atomic E-state index is 0.0367. The van der Waals surface area contributed by atoms with Crippen molar-refractivity contribution in [2.24, 2.45) is 0 Å². The first-order valence-corrected chi connectivity index (χ1v) is 6.00. The van der Waals surface area contributed by atoms with Crippen LogP contribution in [0.1, 0.15) is 10.4 Å². The highest BCUT2D eigenvalue weighted by molar-refractivity contribution is 6.16. The molecule has 7 nitrogen and oxygen atoms in total. The van der Waals surface area contributed by atoms with Gasteiger partial charge in [-0.2, -0.15) is 0 Å². The molecule has 0 aliphatic carbocycles. The first-order chi connectivity index (χ1) is 9.90. The van der Waals surface area contributed by atoms with Crippen molar-refractivity contribution in [2.75, 3.05) is 11.5 Å². The third-order valence-corrected chi connectivity index (χ3v) is 3.33. The van der Waals surface area contributed by atoms with E-state index in [1.165, 1.54) is 18.2 Å². The van der Waals surface area contributed by atoms with Crippen LogP contribution in [0.4, 0.5) is 11.4 Å². The summed E-state index contributed by atoms with van der Waals surface area (Å²) in [4.78, 5) is 23.6. The van der Waals surface area contributed by atoms with Crippen molar-refractivity contribution in [3.63, 3.8) is 0 Å². The van der Waals surface area contributed by atoms with Gasteiger partial charge in [-0.05, 0) is 29.7 Å². The summed E-state index contributed by atoms with van der Waals surface area (Å²) in [6, 6.07) is 7.14. The van der Waals surface area contributed by atoms with Gasteiger partial charge in [0, 0.05) is 16.8 Å². The lowest BCUT2D eigenvalue weighted by atomic mass is 10.0. The Kier molecular flexibility index (Phi) is 2.52. The Labute approximate surface area is 117 Å². The number of fused-ring (bicyclic) bond motifs is 3. The number of nitrogens with zero attached hydrogens (tertiary/aromatic N) is 1. The van der Waals surface area contributed by atoms with E-state index in [9.17, 15) is 19.9 Å². The summed E-state index contributed by atoms with van der Waals surface area (Å²) in [5.74, 6) is -1.20. The molecule has 21 heavy (non-hydrogen) atoms. The number of nitrogen functional groups attached to an aromatic ring is 2. The molecule has 0 amide bonds. The maximum absolute atomic E-state index is 12.2. The number of aromatic nitrogens is 1. The summed E-state index contributed by atoms with van der Waals surface area (Å²) < 4.78 is 0.389. The van der Waals surface area contributed by atoms with E-state index in [4.69, 9.17) is 11.5 Å². The van der Waals surface area contributed by atoms with Crippen molar-refractivity contribution in [3.8, 4) is 0 Å². The highest BCUT2D eigenvalue weighted by atomic mass is 16.5. The molecule has 0 radical (unpaired) electrons. The molecule has 0 atom stereocenters. The third-order valence-electron chi connectivity index (χ3n) is 3.33. The fourth-order valence-electron chi connectivity index (χ4n) is 2.45. The van der Waals surface area contributed by atoms with Crippen molar-refractivity contribution in [1.29, 1.82) is 0 Å². The molecule has 7 heteroatoms. The van der Waals surface area contributed by atoms with E-state index in [1.54, 1.807) is 12.1 Å². The number of carboxylic acid groups (broad SMARTS) is 1. The summed E-state index contributed by atoms with van der Waals surface area (Å²) in [5.41, 5.74) is 11.0. The summed E-state index contributed by atoms with van der Waals surface area (Å²) in [7, 11) is 0. The van der Waals surface area contributed by atoms with Crippen LogP contribution in [0.2, 0.25) is 0 Å². The molecule has 3 aromatic rings. The van der Waals surface area contributed by atoms with E-state index in [-0.39, 0.29) is 27.5 Å². The number of anilines is 2. The van der Waals surface area contributed by atoms with Crippen molar-refractivity contribution < 1.29 is 15.1 Å². The van der Waals surface area contributed by atoms with Crippen molar-refractivity contribution in [2.45, 2.75) is 0 Å². The fourth-order valence-corrected chi connectivity index (χ4v) is 2.45. The molecule has 0 fully saturated rings. The number of benzene rings is 2. The summed E-state index contributed by atoms with van der Waals surface area (Å²) in [5, 5.41) is 20.1. The highest BCUT2D eigenvalue weighted by Gasteiger charge is 2.18. The molecule has 0 aliphatic rings. The van der Waals surface area contributed by atoms with Crippen LogP contribution in [0.3, 0.4) is 0 Å². The number of rotatable bonds is 1. The molecule has 6 N–H and O–H groups in total. The van der Waals surface area contributed by atoms with Gasteiger partial charge < -0.3 is 21.8 Å². The topological polar surface area (TPSA) is 132 Å². The van der Waals surface area contributed by atoms with Crippen LogP contribution in [0, 0.1) is 0 Å². The van der Waals surface area contributed by atoms with Gasteiger partial charge in [-0.3, -0.25) is 4.79 Å². The first-order valence-electron chi connectivity index (χ1n) is 6.00. The molecule has 0 aliphatic heterocycles. The van der Waals surface area contributed by atoms with Crippen LogP contribution in [0.5, 0.6) is 0 Å². The second-order valence-electron chi connectivity index (χ2n) is 4.69. The van der Waals surface area contributed by atoms with Crippen LogP contribution in [-0.2, 0) is 0 Å². The van der Waals surface area contributed by atoms with Crippen molar-refractivity contribution in [3.05, 3.63) is 46.2 Å². The van der Waals surface area contributed by atoms with E-state index in [0.717, 1.165) is 0 Å². The van der Waals surface area contributed by atoms with Gasteiger partial charge in [-0.25, -0.2) is 4.79 Å². The van der Waals surface area contributed by atoms with E-state index >= 15 is 0 Å². The zero-order valence-electron chi connectivity index (χ0n) is 10.7. The Hall–Kier alpha value is -3.22. The van der Waals surface area contributed by atoms with Crippen LogP contribution in [0.25, 0.3) is 21.7 Å². The third kappa shape index (κ3) is 1.75. The van der Waals surface area contributed by atoms with Gasteiger partial charge in [0.1, 0.15) is 0 Å². The van der Waals surface area contributed by atoms with Gasteiger partial charge >= 0.3 is 5.97 Å². The molecule has 0 saturated carbocycles. The van der Waals surface area contributed by atoms with E-state index in [2.05, 4.69) is 0 Å². The van der Waals surface area contributed by atoms with Crippen LogP contribution >= 0.6 is 0 Å². The van der Waals surface area contributed by atoms with Gasteiger partial charge in [0.15, 0.2) is 0 Å². The van der Waals surface area contributed by atoms with Gasteiger partial charge in [0.05, 0.1) is 16.5 Å². The van der Waals surface area contributed by atoms with E-state index in [0.29, 0.717) is 15.8 Å². The fraction of sp³-hybridized carbons (Fsp3) is 0. The lowest BCUT2D eigenvalue weighted by Gasteiger charge is -2.11. The number of carboxylic acids is 1. The molecule has 0 unspecified atom stereocenters. The Balaban J connectivity index is 2.72. The number of nitrogens with two attached hydrogens (primary N) is 2. The number of hydrogen-bond acceptors (Lipinski definition) is 5. The first kappa shape index (κ1) is 12.8. The smallest absolute Gasteiger partial charge is 0.336 e. The molecule has 0 bridgehead atoms. The van der Waals surface area contributed by atoms with Gasteiger partial charge in [-0.1, -0.05) is 6.07 Å². The molecule has 0 spiro atoms. The standard InChI is InChI=1S/C14H11N3O4/c15-6-1-2-8-9(3-6)13(18)17(21)11-5-7(16)4-10(12(8)11)14(19)20/h1-5,21H,15-16H2,(H,19,20). The molecule has 3 rings (SSSR count). The number of aromatic carboxylic acids is 1. The maximum atomic E-state index is 12.2. The Morgan fingerprint density at radius 3 is 2.43 bits per heavy atom. The van der Waals surface area contributed by atoms with E-state index in [1.807, 2.05) is 0 Å². The zero-order chi connectivity index (χ0) is 15.3. The van der Waals surface area contributed by atoms with Crippen LogP contribution < -0.4 is 17.0 Å². The summed E-state index contributed by atoms with van der Waals surface area (Å²) >= 11 is 0. The van der Waals surface area contributed by atoms with Crippen molar-refractivity contribution in [1.82, 2.24) is 4.73 Å². The van der Waals surface area contributed by atoms with Gasteiger partial charge in [0.2, 0.25) is 0 Å². The molecule has 0 saturated heterocycles. The second-order valence-corrected chi connectivity index (χ2v) is 4.69. The SMILES string of the molecule is Nc1ccc2c(c1)c(=O)n(O)c1cc(N)cc(C(=O)O)c21. The molecule has 1 heterocycles.